The fourth-order valence-electron chi connectivity index (χ4n) is 1.38. The number of hydrogen-bond acceptors (Lipinski definition) is 4. The van der Waals surface area contributed by atoms with Gasteiger partial charge in [0.05, 0.1) is 11.8 Å². The quantitative estimate of drug-likeness (QED) is 0.682. The first-order valence-corrected chi connectivity index (χ1v) is 5.52. The highest BCUT2D eigenvalue weighted by Crippen LogP contribution is 2.15. The van der Waals surface area contributed by atoms with Gasteiger partial charge in [-0.15, -0.1) is 0 Å². The summed E-state index contributed by atoms with van der Waals surface area (Å²) in [5, 5.41) is 3.09. The molecule has 1 N–H and O–H groups in total. The van der Waals surface area contributed by atoms with Crippen LogP contribution < -0.4 is 5.32 Å². The molecule has 18 heavy (non-hydrogen) atoms. The number of nitrogens with one attached hydrogen (secondary N) is 1. The molecular formula is C12H9ClFN3O. The number of aromatic nitrogens is 2. The molecule has 2 heterocycles. The minimum absolute atomic E-state index is 0.132. The summed E-state index contributed by atoms with van der Waals surface area (Å²) in [6, 6.07) is 4.57. The number of halogens is 2. The minimum atomic E-state index is -0.392. The number of anilines is 1. The van der Waals surface area contributed by atoms with Gasteiger partial charge in [-0.1, -0.05) is 11.6 Å². The van der Waals surface area contributed by atoms with Gasteiger partial charge in [0, 0.05) is 12.7 Å². The average molecular weight is 266 g/mol. The number of rotatable bonds is 4. The van der Waals surface area contributed by atoms with Crippen LogP contribution in [0, 0.1) is 5.82 Å². The van der Waals surface area contributed by atoms with E-state index < -0.39 is 5.82 Å². The maximum absolute atomic E-state index is 12.9. The molecule has 2 aromatic heterocycles. The van der Waals surface area contributed by atoms with Crippen molar-refractivity contribution in [2.24, 2.45) is 0 Å². The third-order valence-corrected chi connectivity index (χ3v) is 2.54. The summed E-state index contributed by atoms with van der Waals surface area (Å²) in [6.07, 6.45) is 3.32. The van der Waals surface area contributed by atoms with Crippen LogP contribution in [0.3, 0.4) is 0 Å². The smallest absolute Gasteiger partial charge is 0.153 e. The van der Waals surface area contributed by atoms with Gasteiger partial charge < -0.3 is 5.32 Å². The highest BCUT2D eigenvalue weighted by atomic mass is 35.5. The molecule has 0 amide bonds. The van der Waals surface area contributed by atoms with E-state index in [1.54, 1.807) is 18.3 Å². The van der Waals surface area contributed by atoms with E-state index in [0.29, 0.717) is 29.8 Å². The van der Waals surface area contributed by atoms with Crippen molar-refractivity contribution in [3.05, 3.63) is 52.7 Å². The standard InChI is InChI=1S/C12H9ClFN3O/c13-12-9(7-18)1-2-11(17-12)16-5-8-3-10(14)6-15-4-8/h1-4,6-7H,5H2,(H,16,17). The van der Waals surface area contributed by atoms with Gasteiger partial charge in [0.2, 0.25) is 0 Å². The number of carbonyl (C=O) groups excluding carboxylic acids is 1. The molecule has 0 aromatic carbocycles. The van der Waals surface area contributed by atoms with Gasteiger partial charge in [0.1, 0.15) is 16.8 Å². The SMILES string of the molecule is O=Cc1ccc(NCc2cncc(F)c2)nc1Cl. The van der Waals surface area contributed by atoms with E-state index in [-0.39, 0.29) is 5.15 Å². The van der Waals surface area contributed by atoms with E-state index in [1.807, 2.05) is 0 Å². The minimum Gasteiger partial charge on any atom is -0.366 e. The average Bonchev–Trinajstić information content (AvgIpc) is 2.37. The molecule has 92 valence electrons. The van der Waals surface area contributed by atoms with Crippen LogP contribution in [0.15, 0.2) is 30.6 Å². The topological polar surface area (TPSA) is 54.9 Å². The Morgan fingerprint density at radius 2 is 2.22 bits per heavy atom. The van der Waals surface area contributed by atoms with Gasteiger partial charge in [-0.3, -0.25) is 9.78 Å². The molecule has 0 aliphatic rings. The van der Waals surface area contributed by atoms with Crippen LogP contribution in [0.4, 0.5) is 10.2 Å². The van der Waals surface area contributed by atoms with Crippen LogP contribution in [-0.2, 0) is 6.54 Å². The van der Waals surface area contributed by atoms with Gasteiger partial charge >= 0.3 is 0 Å². The van der Waals surface area contributed by atoms with E-state index in [9.17, 15) is 9.18 Å². The van der Waals surface area contributed by atoms with Gasteiger partial charge in [-0.05, 0) is 23.8 Å². The number of pyridine rings is 2. The maximum Gasteiger partial charge on any atom is 0.153 e. The number of hydrogen-bond donors (Lipinski definition) is 1. The molecule has 4 nitrogen and oxygen atoms in total. The second-order valence-corrected chi connectivity index (χ2v) is 3.92. The zero-order valence-electron chi connectivity index (χ0n) is 9.23. The molecule has 2 aromatic rings. The molecule has 0 atom stereocenters. The molecule has 0 bridgehead atoms. The second kappa shape index (κ2) is 5.55. The summed E-state index contributed by atoms with van der Waals surface area (Å²) >= 11 is 5.78. The van der Waals surface area contributed by atoms with E-state index in [4.69, 9.17) is 11.6 Å². The first-order chi connectivity index (χ1) is 8.69. The van der Waals surface area contributed by atoms with Crippen LogP contribution >= 0.6 is 11.6 Å². The first-order valence-electron chi connectivity index (χ1n) is 5.14. The van der Waals surface area contributed by atoms with Gasteiger partial charge in [-0.2, -0.15) is 0 Å². The predicted molar refractivity (Wildman–Crippen MR) is 66.2 cm³/mol. The molecule has 0 saturated carbocycles. The summed E-state index contributed by atoms with van der Waals surface area (Å²) in [7, 11) is 0. The van der Waals surface area contributed by atoms with Gasteiger partial charge in [0.15, 0.2) is 6.29 Å². The van der Waals surface area contributed by atoms with Crippen molar-refractivity contribution in [1.29, 1.82) is 0 Å². The Labute approximate surface area is 108 Å². The van der Waals surface area contributed by atoms with Crippen LogP contribution in [0.2, 0.25) is 5.15 Å². The predicted octanol–water partition coefficient (Wildman–Crippen LogP) is 2.69. The maximum atomic E-state index is 12.9. The monoisotopic (exact) mass is 265 g/mol. The number of aldehydes is 1. The van der Waals surface area contributed by atoms with Gasteiger partial charge in [0.25, 0.3) is 0 Å². The van der Waals surface area contributed by atoms with Crippen molar-refractivity contribution in [2.45, 2.75) is 6.54 Å². The number of nitrogens with zero attached hydrogens (tertiary/aromatic N) is 2. The lowest BCUT2D eigenvalue weighted by Gasteiger charge is -2.06. The number of carbonyl (C=O) groups is 1. The van der Waals surface area contributed by atoms with Gasteiger partial charge in [-0.25, -0.2) is 9.37 Å². The molecule has 0 spiro atoms. The Morgan fingerprint density at radius 3 is 2.89 bits per heavy atom. The highest BCUT2D eigenvalue weighted by molar-refractivity contribution is 6.31. The Balaban J connectivity index is 2.06. The molecule has 2 rings (SSSR count). The van der Waals surface area contributed by atoms with E-state index >= 15 is 0 Å². The Kier molecular flexibility index (Phi) is 3.84. The van der Waals surface area contributed by atoms with Crippen LogP contribution in [0.25, 0.3) is 0 Å². The fourth-order valence-corrected chi connectivity index (χ4v) is 1.58. The lowest BCUT2D eigenvalue weighted by atomic mass is 10.2. The molecule has 0 aliphatic heterocycles. The summed E-state index contributed by atoms with van der Waals surface area (Å²) in [5.41, 5.74) is 1.02. The van der Waals surface area contributed by atoms with Crippen molar-refractivity contribution < 1.29 is 9.18 Å². The normalized spacial score (nSPS) is 10.1. The zero-order valence-corrected chi connectivity index (χ0v) is 9.99. The van der Waals surface area contributed by atoms with E-state index in [0.717, 1.165) is 6.20 Å². The lowest BCUT2D eigenvalue weighted by molar-refractivity contribution is 0.112. The van der Waals surface area contributed by atoms with Crippen LogP contribution in [0.5, 0.6) is 0 Å². The Hall–Kier alpha value is -2.01. The first kappa shape index (κ1) is 12.4. The molecular weight excluding hydrogens is 257 g/mol. The second-order valence-electron chi connectivity index (χ2n) is 3.56. The third kappa shape index (κ3) is 3.01. The van der Waals surface area contributed by atoms with Crippen molar-refractivity contribution in [2.75, 3.05) is 5.32 Å². The van der Waals surface area contributed by atoms with Crippen molar-refractivity contribution in [1.82, 2.24) is 9.97 Å². The molecule has 0 aliphatic carbocycles. The van der Waals surface area contributed by atoms with Crippen LogP contribution in [-0.4, -0.2) is 16.3 Å². The fraction of sp³-hybridized carbons (Fsp3) is 0.0833. The summed E-state index contributed by atoms with van der Waals surface area (Å²) < 4.78 is 12.9. The summed E-state index contributed by atoms with van der Waals surface area (Å²) in [5.74, 6) is 0.117. The zero-order chi connectivity index (χ0) is 13.0. The molecule has 6 heteroatoms. The lowest BCUT2D eigenvalue weighted by Crippen LogP contribution is -2.03. The Bertz CT molecular complexity index is 577. The summed E-state index contributed by atoms with van der Waals surface area (Å²) in [6.45, 7) is 0.370. The summed E-state index contributed by atoms with van der Waals surface area (Å²) in [4.78, 5) is 18.3. The van der Waals surface area contributed by atoms with Crippen LogP contribution in [0.1, 0.15) is 15.9 Å². The van der Waals surface area contributed by atoms with E-state index in [1.165, 1.54) is 6.07 Å². The highest BCUT2D eigenvalue weighted by Gasteiger charge is 2.03. The molecule has 0 radical (unpaired) electrons. The Morgan fingerprint density at radius 1 is 1.39 bits per heavy atom. The third-order valence-electron chi connectivity index (χ3n) is 2.24. The largest absolute Gasteiger partial charge is 0.366 e. The van der Waals surface area contributed by atoms with Crippen molar-refractivity contribution >= 4 is 23.7 Å². The van der Waals surface area contributed by atoms with Crippen molar-refractivity contribution in [3.63, 3.8) is 0 Å². The molecule has 0 fully saturated rings. The molecule has 0 saturated heterocycles. The molecule has 0 unspecified atom stereocenters. The van der Waals surface area contributed by atoms with E-state index in [2.05, 4.69) is 15.3 Å². The van der Waals surface area contributed by atoms with Crippen molar-refractivity contribution in [3.8, 4) is 0 Å².